The molecule has 2 rings (SSSR count). The maximum Gasteiger partial charge on any atom is 0.106 e. The van der Waals surface area contributed by atoms with Crippen LogP contribution in [-0.2, 0) is 4.74 Å². The molecule has 1 saturated heterocycles. The lowest BCUT2D eigenvalue weighted by Crippen LogP contribution is -2.47. The third-order valence-corrected chi connectivity index (χ3v) is 3.67. The standard InChI is InChI=1S/C14H20ClNO2/c1-10(2)16-7-8-18-13(9-16)14(17)11-3-5-12(15)6-4-11/h3-6,10,13-14,17H,7-9H2,1-2H3. The highest BCUT2D eigenvalue weighted by atomic mass is 35.5. The fraction of sp³-hybridized carbons (Fsp3) is 0.571. The van der Waals surface area contributed by atoms with Crippen LogP contribution < -0.4 is 0 Å². The van der Waals surface area contributed by atoms with Crippen molar-refractivity contribution >= 4 is 11.6 Å². The van der Waals surface area contributed by atoms with Gasteiger partial charge in [0.05, 0.1) is 6.61 Å². The average molecular weight is 270 g/mol. The van der Waals surface area contributed by atoms with Crippen LogP contribution in [0.15, 0.2) is 24.3 Å². The minimum absolute atomic E-state index is 0.165. The zero-order valence-corrected chi connectivity index (χ0v) is 11.6. The Morgan fingerprint density at radius 2 is 2.00 bits per heavy atom. The first-order valence-corrected chi connectivity index (χ1v) is 6.75. The van der Waals surface area contributed by atoms with Crippen LogP contribution in [0.5, 0.6) is 0 Å². The number of halogens is 1. The Labute approximate surface area is 113 Å². The topological polar surface area (TPSA) is 32.7 Å². The van der Waals surface area contributed by atoms with Gasteiger partial charge in [0, 0.05) is 24.2 Å². The summed E-state index contributed by atoms with van der Waals surface area (Å²) in [6.45, 7) is 6.70. The summed E-state index contributed by atoms with van der Waals surface area (Å²) in [5.74, 6) is 0. The normalized spacial score (nSPS) is 23.3. The molecular formula is C14H20ClNO2. The van der Waals surface area contributed by atoms with Crippen LogP contribution in [0.2, 0.25) is 5.02 Å². The molecule has 0 bridgehead atoms. The van der Waals surface area contributed by atoms with Crippen molar-refractivity contribution in [1.29, 1.82) is 0 Å². The van der Waals surface area contributed by atoms with Gasteiger partial charge < -0.3 is 9.84 Å². The first-order chi connectivity index (χ1) is 8.58. The lowest BCUT2D eigenvalue weighted by Gasteiger charge is -2.37. The molecule has 1 heterocycles. The van der Waals surface area contributed by atoms with E-state index in [2.05, 4.69) is 18.7 Å². The van der Waals surface area contributed by atoms with Gasteiger partial charge in [-0.3, -0.25) is 4.90 Å². The minimum atomic E-state index is -0.594. The van der Waals surface area contributed by atoms with E-state index >= 15 is 0 Å². The van der Waals surface area contributed by atoms with Crippen molar-refractivity contribution in [2.75, 3.05) is 19.7 Å². The number of hydrogen-bond donors (Lipinski definition) is 1. The predicted octanol–water partition coefficient (Wildman–Crippen LogP) is 2.48. The van der Waals surface area contributed by atoms with E-state index in [0.717, 1.165) is 18.7 Å². The SMILES string of the molecule is CC(C)N1CCOC(C(O)c2ccc(Cl)cc2)C1. The van der Waals surface area contributed by atoms with Crippen molar-refractivity contribution in [3.05, 3.63) is 34.9 Å². The number of hydrogen-bond acceptors (Lipinski definition) is 3. The molecule has 1 aliphatic heterocycles. The van der Waals surface area contributed by atoms with Crippen molar-refractivity contribution in [2.24, 2.45) is 0 Å². The van der Waals surface area contributed by atoms with Crippen LogP contribution in [0.3, 0.4) is 0 Å². The van der Waals surface area contributed by atoms with E-state index in [1.165, 1.54) is 0 Å². The molecule has 1 aromatic rings. The lowest BCUT2D eigenvalue weighted by molar-refractivity contribution is -0.0961. The van der Waals surface area contributed by atoms with Crippen molar-refractivity contribution in [2.45, 2.75) is 32.1 Å². The third-order valence-electron chi connectivity index (χ3n) is 3.42. The van der Waals surface area contributed by atoms with Crippen LogP contribution in [0.1, 0.15) is 25.5 Å². The molecule has 4 heteroatoms. The second-order valence-electron chi connectivity index (χ2n) is 4.99. The molecule has 1 fully saturated rings. The van der Waals surface area contributed by atoms with Gasteiger partial charge in [0.1, 0.15) is 12.2 Å². The van der Waals surface area contributed by atoms with Crippen LogP contribution in [-0.4, -0.2) is 41.8 Å². The molecule has 100 valence electrons. The molecule has 2 atom stereocenters. The highest BCUT2D eigenvalue weighted by molar-refractivity contribution is 6.30. The van der Waals surface area contributed by atoms with Gasteiger partial charge >= 0.3 is 0 Å². The van der Waals surface area contributed by atoms with Crippen LogP contribution >= 0.6 is 11.6 Å². The van der Waals surface area contributed by atoms with Gasteiger partial charge in [-0.15, -0.1) is 0 Å². The van der Waals surface area contributed by atoms with Crippen LogP contribution in [0.25, 0.3) is 0 Å². The van der Waals surface area contributed by atoms with Crippen molar-refractivity contribution in [3.8, 4) is 0 Å². The van der Waals surface area contributed by atoms with E-state index in [1.807, 2.05) is 12.1 Å². The maximum atomic E-state index is 10.3. The first-order valence-electron chi connectivity index (χ1n) is 6.37. The monoisotopic (exact) mass is 269 g/mol. The van der Waals surface area contributed by atoms with Crippen molar-refractivity contribution in [3.63, 3.8) is 0 Å². The zero-order valence-electron chi connectivity index (χ0n) is 10.8. The number of morpholine rings is 1. The van der Waals surface area contributed by atoms with Gasteiger partial charge in [-0.1, -0.05) is 23.7 Å². The van der Waals surface area contributed by atoms with Gasteiger partial charge in [0.15, 0.2) is 0 Å². The van der Waals surface area contributed by atoms with E-state index in [4.69, 9.17) is 16.3 Å². The molecule has 18 heavy (non-hydrogen) atoms. The molecule has 0 aliphatic carbocycles. The molecule has 1 aliphatic rings. The summed E-state index contributed by atoms with van der Waals surface area (Å²) in [7, 11) is 0. The fourth-order valence-corrected chi connectivity index (χ4v) is 2.36. The Bertz CT molecular complexity index is 380. The smallest absolute Gasteiger partial charge is 0.106 e. The molecule has 0 amide bonds. The average Bonchev–Trinajstić information content (AvgIpc) is 2.39. The molecule has 1 aromatic carbocycles. The van der Waals surface area contributed by atoms with Crippen molar-refractivity contribution in [1.82, 2.24) is 4.90 Å². The first kappa shape index (κ1) is 13.8. The highest BCUT2D eigenvalue weighted by Gasteiger charge is 2.28. The van der Waals surface area contributed by atoms with Gasteiger partial charge in [-0.25, -0.2) is 0 Å². The second kappa shape index (κ2) is 6.02. The molecular weight excluding hydrogens is 250 g/mol. The Morgan fingerprint density at radius 1 is 1.33 bits per heavy atom. The number of aliphatic hydroxyl groups is 1. The van der Waals surface area contributed by atoms with Gasteiger partial charge in [0.25, 0.3) is 0 Å². The van der Waals surface area contributed by atoms with Crippen molar-refractivity contribution < 1.29 is 9.84 Å². The van der Waals surface area contributed by atoms with E-state index in [0.29, 0.717) is 17.7 Å². The quantitative estimate of drug-likeness (QED) is 0.915. The predicted molar refractivity (Wildman–Crippen MR) is 72.9 cm³/mol. The lowest BCUT2D eigenvalue weighted by atomic mass is 10.0. The molecule has 0 saturated carbocycles. The maximum absolute atomic E-state index is 10.3. The van der Waals surface area contributed by atoms with Gasteiger partial charge in [0.2, 0.25) is 0 Å². The molecule has 2 unspecified atom stereocenters. The summed E-state index contributed by atoms with van der Waals surface area (Å²) in [6, 6.07) is 7.77. The Balaban J connectivity index is 2.04. The number of ether oxygens (including phenoxy) is 1. The van der Waals surface area contributed by atoms with E-state index < -0.39 is 6.10 Å². The van der Waals surface area contributed by atoms with E-state index in [1.54, 1.807) is 12.1 Å². The van der Waals surface area contributed by atoms with Gasteiger partial charge in [-0.05, 0) is 31.5 Å². The largest absolute Gasteiger partial charge is 0.386 e. The molecule has 1 N–H and O–H groups in total. The highest BCUT2D eigenvalue weighted by Crippen LogP contribution is 2.24. The molecule has 0 aromatic heterocycles. The Morgan fingerprint density at radius 3 is 2.61 bits per heavy atom. The van der Waals surface area contributed by atoms with E-state index in [9.17, 15) is 5.11 Å². The van der Waals surface area contributed by atoms with Gasteiger partial charge in [-0.2, -0.15) is 0 Å². The van der Waals surface area contributed by atoms with Crippen LogP contribution in [0.4, 0.5) is 0 Å². The van der Waals surface area contributed by atoms with Crippen LogP contribution in [0, 0.1) is 0 Å². The summed E-state index contributed by atoms with van der Waals surface area (Å²) < 4.78 is 5.68. The van der Waals surface area contributed by atoms with E-state index in [-0.39, 0.29) is 6.10 Å². The zero-order chi connectivity index (χ0) is 13.1. The number of benzene rings is 1. The number of aliphatic hydroxyl groups excluding tert-OH is 1. The minimum Gasteiger partial charge on any atom is -0.386 e. The molecule has 0 spiro atoms. The summed E-state index contributed by atoms with van der Waals surface area (Å²) in [5, 5.41) is 11.0. The number of nitrogens with zero attached hydrogens (tertiary/aromatic N) is 1. The third kappa shape index (κ3) is 3.23. The summed E-state index contributed by atoms with van der Waals surface area (Å²) in [6.07, 6.45) is -0.758. The summed E-state index contributed by atoms with van der Waals surface area (Å²) in [5.41, 5.74) is 0.856. The second-order valence-corrected chi connectivity index (χ2v) is 5.43. The summed E-state index contributed by atoms with van der Waals surface area (Å²) in [4.78, 5) is 2.33. The number of rotatable bonds is 3. The Hall–Kier alpha value is -0.610. The Kier molecular flexibility index (Phi) is 4.62. The molecule has 3 nitrogen and oxygen atoms in total. The molecule has 0 radical (unpaired) electrons. The summed E-state index contributed by atoms with van der Waals surface area (Å²) >= 11 is 5.85. The fourth-order valence-electron chi connectivity index (χ4n) is 2.23.